The normalized spacial score (nSPS) is 10.8. The van der Waals surface area contributed by atoms with Crippen LogP contribution in [0, 0.1) is 0 Å². The van der Waals surface area contributed by atoms with Crippen LogP contribution >= 0.6 is 69.6 Å². The third kappa shape index (κ3) is 3.40. The molecule has 0 fully saturated rings. The van der Waals surface area contributed by atoms with Crippen LogP contribution in [0.3, 0.4) is 0 Å². The number of hydrogen-bond donors (Lipinski definition) is 1. The average Bonchev–Trinajstić information content (AvgIpc) is 2.45. The zero-order chi connectivity index (χ0) is 16.6. The summed E-state index contributed by atoms with van der Waals surface area (Å²) in [5.74, 6) is -1.00. The van der Waals surface area contributed by atoms with Crippen LogP contribution < -0.4 is 0 Å². The Bertz CT molecular complexity index is 749. The third-order valence-corrected chi connectivity index (χ3v) is 5.26. The zero-order valence-electron chi connectivity index (χ0n) is 10.4. The molecule has 116 valence electrons. The maximum absolute atomic E-state index is 10.7. The molecule has 2 rings (SSSR count). The van der Waals surface area contributed by atoms with Gasteiger partial charge in [0.1, 0.15) is 0 Å². The number of carbonyl (C=O) groups is 1. The van der Waals surface area contributed by atoms with Gasteiger partial charge in [-0.2, -0.15) is 0 Å². The minimum Gasteiger partial charge on any atom is -0.481 e. The smallest absolute Gasteiger partial charge is 0.307 e. The van der Waals surface area contributed by atoms with Gasteiger partial charge in [0.15, 0.2) is 0 Å². The van der Waals surface area contributed by atoms with Crippen molar-refractivity contribution in [1.29, 1.82) is 0 Å². The van der Waals surface area contributed by atoms with E-state index >= 15 is 0 Å². The molecule has 2 aromatic rings. The second-order valence-corrected chi connectivity index (χ2v) is 6.49. The van der Waals surface area contributed by atoms with Crippen molar-refractivity contribution in [3.8, 4) is 11.3 Å². The standard InChI is InChI=1S/C13H5Cl6NO2/c14-5-1-4(2-6(21)22)3-20-13(5)7-8(15)10(17)12(19)11(18)9(7)16/h1,3H,2H2,(H,21,22). The molecule has 0 radical (unpaired) electrons. The minimum absolute atomic E-state index is 0.0280. The number of aliphatic carboxylic acids is 1. The summed E-state index contributed by atoms with van der Waals surface area (Å²) in [6, 6.07) is 1.46. The second kappa shape index (κ2) is 7.00. The molecule has 0 aliphatic rings. The fraction of sp³-hybridized carbons (Fsp3) is 0.0769. The molecular formula is C13H5Cl6NO2. The van der Waals surface area contributed by atoms with Crippen LogP contribution in [0.15, 0.2) is 12.3 Å². The Morgan fingerprint density at radius 1 is 0.955 bits per heavy atom. The predicted molar refractivity (Wildman–Crippen MR) is 91.1 cm³/mol. The first kappa shape index (κ1) is 17.9. The molecule has 0 saturated carbocycles. The first-order chi connectivity index (χ1) is 10.2. The Morgan fingerprint density at radius 2 is 1.45 bits per heavy atom. The van der Waals surface area contributed by atoms with Gasteiger partial charge < -0.3 is 5.11 Å². The van der Waals surface area contributed by atoms with E-state index < -0.39 is 5.97 Å². The van der Waals surface area contributed by atoms with Crippen LogP contribution in [0.1, 0.15) is 5.56 Å². The molecule has 1 heterocycles. The SMILES string of the molecule is O=C(O)Cc1cnc(-c2c(Cl)c(Cl)c(Cl)c(Cl)c2Cl)c(Cl)c1. The van der Waals surface area contributed by atoms with E-state index in [2.05, 4.69) is 4.98 Å². The third-order valence-electron chi connectivity index (χ3n) is 2.70. The predicted octanol–water partition coefficient (Wildman–Crippen LogP) is 6.30. The highest BCUT2D eigenvalue weighted by atomic mass is 35.5. The maximum Gasteiger partial charge on any atom is 0.307 e. The van der Waals surface area contributed by atoms with E-state index in [1.54, 1.807) is 0 Å². The molecule has 0 aliphatic heterocycles. The molecule has 0 spiro atoms. The van der Waals surface area contributed by atoms with Crippen LogP contribution in [-0.2, 0) is 11.2 Å². The van der Waals surface area contributed by atoms with Gasteiger partial charge in [0.25, 0.3) is 0 Å². The summed E-state index contributed by atoms with van der Waals surface area (Å²) in [6.45, 7) is 0. The molecule has 0 unspecified atom stereocenters. The highest BCUT2D eigenvalue weighted by Crippen LogP contribution is 2.48. The van der Waals surface area contributed by atoms with E-state index in [0.717, 1.165) is 0 Å². The zero-order valence-corrected chi connectivity index (χ0v) is 15.0. The lowest BCUT2D eigenvalue weighted by atomic mass is 10.1. The van der Waals surface area contributed by atoms with E-state index in [4.69, 9.17) is 74.7 Å². The lowest BCUT2D eigenvalue weighted by Crippen LogP contribution is -2.01. The van der Waals surface area contributed by atoms with Gasteiger partial charge in [0.2, 0.25) is 0 Å². The number of benzene rings is 1. The summed E-state index contributed by atoms with van der Waals surface area (Å²) in [4.78, 5) is 14.8. The van der Waals surface area contributed by atoms with Crippen LogP contribution in [-0.4, -0.2) is 16.1 Å². The Kier molecular flexibility index (Phi) is 5.70. The van der Waals surface area contributed by atoms with Gasteiger partial charge in [-0.25, -0.2) is 0 Å². The van der Waals surface area contributed by atoms with E-state index in [1.165, 1.54) is 12.3 Å². The molecule has 1 aromatic carbocycles. The summed E-state index contributed by atoms with van der Waals surface area (Å²) >= 11 is 36.4. The number of carboxylic acids is 1. The van der Waals surface area contributed by atoms with Crippen molar-refractivity contribution in [3.05, 3.63) is 48.0 Å². The molecule has 3 nitrogen and oxygen atoms in total. The largest absolute Gasteiger partial charge is 0.481 e. The monoisotopic (exact) mass is 417 g/mol. The van der Waals surface area contributed by atoms with Crippen LogP contribution in [0.4, 0.5) is 0 Å². The van der Waals surface area contributed by atoms with Gasteiger partial charge in [-0.1, -0.05) is 69.6 Å². The van der Waals surface area contributed by atoms with E-state index in [9.17, 15) is 4.79 Å². The molecule has 0 bridgehead atoms. The molecule has 0 aliphatic carbocycles. The summed E-state index contributed by atoms with van der Waals surface area (Å²) in [7, 11) is 0. The van der Waals surface area contributed by atoms with Crippen molar-refractivity contribution >= 4 is 75.6 Å². The second-order valence-electron chi connectivity index (χ2n) is 4.19. The first-order valence-electron chi connectivity index (χ1n) is 5.62. The van der Waals surface area contributed by atoms with Crippen molar-refractivity contribution in [2.24, 2.45) is 0 Å². The lowest BCUT2D eigenvalue weighted by molar-refractivity contribution is -0.136. The summed E-state index contributed by atoms with van der Waals surface area (Å²) in [5.41, 5.74) is 0.889. The van der Waals surface area contributed by atoms with Crippen LogP contribution in [0.5, 0.6) is 0 Å². The van der Waals surface area contributed by atoms with Crippen molar-refractivity contribution in [3.63, 3.8) is 0 Å². The topological polar surface area (TPSA) is 50.2 Å². The van der Waals surface area contributed by atoms with Gasteiger partial charge >= 0.3 is 5.97 Å². The first-order valence-corrected chi connectivity index (χ1v) is 7.88. The van der Waals surface area contributed by atoms with E-state index in [1.807, 2.05) is 0 Å². The number of hydrogen-bond acceptors (Lipinski definition) is 2. The highest BCUT2D eigenvalue weighted by Gasteiger charge is 2.23. The summed E-state index contributed by atoms with van der Waals surface area (Å²) in [6.07, 6.45) is 1.15. The molecule has 0 amide bonds. The minimum atomic E-state index is -1.00. The van der Waals surface area contributed by atoms with E-state index in [0.29, 0.717) is 5.56 Å². The molecule has 9 heteroatoms. The molecule has 22 heavy (non-hydrogen) atoms. The lowest BCUT2D eigenvalue weighted by Gasteiger charge is -2.13. The van der Waals surface area contributed by atoms with Gasteiger partial charge in [-0.15, -0.1) is 0 Å². The Labute approximate surface area is 155 Å². The number of halogens is 6. The molecular weight excluding hydrogens is 415 g/mol. The quantitative estimate of drug-likeness (QED) is 0.469. The van der Waals surface area contributed by atoms with Crippen molar-refractivity contribution in [2.75, 3.05) is 0 Å². The Balaban J connectivity index is 2.65. The molecule has 1 aromatic heterocycles. The fourth-order valence-electron chi connectivity index (χ4n) is 1.75. The molecule has 0 saturated heterocycles. The number of pyridine rings is 1. The van der Waals surface area contributed by atoms with Gasteiger partial charge in [0, 0.05) is 11.8 Å². The van der Waals surface area contributed by atoms with Crippen LogP contribution in [0.2, 0.25) is 30.1 Å². The van der Waals surface area contributed by atoms with Crippen molar-refractivity contribution < 1.29 is 9.90 Å². The number of nitrogens with zero attached hydrogens (tertiary/aromatic N) is 1. The van der Waals surface area contributed by atoms with Gasteiger partial charge in [-0.3, -0.25) is 9.78 Å². The van der Waals surface area contributed by atoms with Gasteiger partial charge in [0.05, 0.1) is 42.3 Å². The summed E-state index contributed by atoms with van der Waals surface area (Å²) < 4.78 is 0. The number of rotatable bonds is 3. The van der Waals surface area contributed by atoms with E-state index in [-0.39, 0.29) is 47.8 Å². The average molecular weight is 420 g/mol. The number of aromatic nitrogens is 1. The van der Waals surface area contributed by atoms with Gasteiger partial charge in [-0.05, 0) is 11.6 Å². The van der Waals surface area contributed by atoms with Crippen molar-refractivity contribution in [1.82, 2.24) is 4.98 Å². The summed E-state index contributed by atoms with van der Waals surface area (Å²) in [5, 5.41) is 9.14. The Hall–Kier alpha value is -0.420. The maximum atomic E-state index is 10.7. The number of carboxylic acid groups (broad SMARTS) is 1. The molecule has 0 atom stereocenters. The fourth-order valence-corrected chi connectivity index (χ4v) is 3.35. The molecule has 1 N–H and O–H groups in total. The van der Waals surface area contributed by atoms with Crippen LogP contribution in [0.25, 0.3) is 11.3 Å². The van der Waals surface area contributed by atoms with Crippen molar-refractivity contribution in [2.45, 2.75) is 6.42 Å². The Morgan fingerprint density at radius 3 is 1.91 bits per heavy atom. The highest BCUT2D eigenvalue weighted by molar-refractivity contribution is 6.56.